The topological polar surface area (TPSA) is 59.4 Å². The molecule has 0 unspecified atom stereocenters. The molecule has 0 saturated heterocycles. The van der Waals surface area contributed by atoms with Crippen LogP contribution in [0.25, 0.3) is 11.3 Å². The summed E-state index contributed by atoms with van der Waals surface area (Å²) in [5.41, 5.74) is 4.12. The minimum Gasteiger partial charge on any atom is -0.491 e. The first-order valence-electron chi connectivity index (χ1n) is 11.2. The van der Waals surface area contributed by atoms with Crippen LogP contribution in [0.15, 0.2) is 67.0 Å². The normalized spacial score (nSPS) is 14.2. The Morgan fingerprint density at radius 1 is 1.15 bits per heavy atom. The lowest BCUT2D eigenvalue weighted by atomic mass is 10.0. The van der Waals surface area contributed by atoms with Gasteiger partial charge < -0.3 is 10.1 Å². The zero-order chi connectivity index (χ0) is 23.2. The van der Waals surface area contributed by atoms with Crippen LogP contribution in [0.2, 0.25) is 0 Å². The molecule has 1 N–H and O–H groups in total. The molecule has 2 heterocycles. The molecule has 0 fully saturated rings. The van der Waals surface area contributed by atoms with Crippen molar-refractivity contribution in [3.05, 3.63) is 83.9 Å². The minimum atomic E-state index is -0.264. The van der Waals surface area contributed by atoms with Crippen molar-refractivity contribution in [1.29, 1.82) is 0 Å². The van der Waals surface area contributed by atoms with Crippen LogP contribution in [0.1, 0.15) is 31.4 Å². The Morgan fingerprint density at radius 2 is 1.91 bits per heavy atom. The summed E-state index contributed by atoms with van der Waals surface area (Å²) in [5.74, 6) is 0.581. The Balaban J connectivity index is 1.25. The lowest BCUT2D eigenvalue weighted by molar-refractivity contribution is -0.122. The molecular formula is C26H29FN4O2. The number of carbonyl (C=O) groups is 1. The Hall–Kier alpha value is -3.45. The van der Waals surface area contributed by atoms with Gasteiger partial charge in [0.2, 0.25) is 5.91 Å². The van der Waals surface area contributed by atoms with Crippen LogP contribution in [0, 0.1) is 5.82 Å². The van der Waals surface area contributed by atoms with E-state index in [1.807, 2.05) is 50.5 Å². The van der Waals surface area contributed by atoms with E-state index in [1.54, 1.807) is 16.8 Å². The van der Waals surface area contributed by atoms with Gasteiger partial charge in [0.25, 0.3) is 0 Å². The van der Waals surface area contributed by atoms with Crippen LogP contribution in [0.5, 0.6) is 5.75 Å². The summed E-state index contributed by atoms with van der Waals surface area (Å²) in [6.45, 7) is 6.38. The number of aromatic nitrogens is 2. The van der Waals surface area contributed by atoms with Crippen molar-refractivity contribution in [1.82, 2.24) is 20.0 Å². The van der Waals surface area contributed by atoms with Crippen molar-refractivity contribution < 1.29 is 13.9 Å². The fraction of sp³-hybridized carbons (Fsp3) is 0.308. The van der Waals surface area contributed by atoms with E-state index in [1.165, 1.54) is 17.7 Å². The third-order valence-corrected chi connectivity index (χ3v) is 5.49. The smallest absolute Gasteiger partial charge is 0.234 e. The maximum Gasteiger partial charge on any atom is 0.234 e. The summed E-state index contributed by atoms with van der Waals surface area (Å²) in [4.78, 5) is 14.5. The molecule has 0 saturated carbocycles. The number of amides is 1. The maximum atomic E-state index is 13.1. The summed E-state index contributed by atoms with van der Waals surface area (Å²) in [7, 11) is 0. The highest BCUT2D eigenvalue weighted by Gasteiger charge is 2.17. The van der Waals surface area contributed by atoms with E-state index in [9.17, 15) is 9.18 Å². The molecule has 0 bridgehead atoms. The lowest BCUT2D eigenvalue weighted by Gasteiger charge is -2.25. The molecule has 0 radical (unpaired) electrons. The Bertz CT molecular complexity index is 1100. The van der Waals surface area contributed by atoms with Crippen molar-refractivity contribution >= 4 is 11.5 Å². The van der Waals surface area contributed by atoms with E-state index in [0.29, 0.717) is 19.6 Å². The van der Waals surface area contributed by atoms with Gasteiger partial charge in [0, 0.05) is 31.4 Å². The second-order valence-electron chi connectivity index (χ2n) is 8.45. The first-order valence-corrected chi connectivity index (χ1v) is 11.2. The maximum absolute atomic E-state index is 13.1. The van der Waals surface area contributed by atoms with Gasteiger partial charge in [-0.05, 0) is 67.8 Å². The summed E-state index contributed by atoms with van der Waals surface area (Å²) in [6.07, 6.45) is 6.92. The number of hydrogen-bond donors (Lipinski definition) is 1. The Morgan fingerprint density at radius 3 is 2.58 bits per heavy atom. The quantitative estimate of drug-likeness (QED) is 0.561. The van der Waals surface area contributed by atoms with Gasteiger partial charge in [-0.3, -0.25) is 9.69 Å². The second kappa shape index (κ2) is 10.4. The Labute approximate surface area is 193 Å². The van der Waals surface area contributed by atoms with E-state index in [-0.39, 0.29) is 17.8 Å². The predicted molar refractivity (Wildman–Crippen MR) is 127 cm³/mol. The van der Waals surface area contributed by atoms with Crippen molar-refractivity contribution in [2.75, 3.05) is 19.6 Å². The van der Waals surface area contributed by atoms with Crippen LogP contribution in [0.3, 0.4) is 0 Å². The zero-order valence-electron chi connectivity index (χ0n) is 19.0. The van der Waals surface area contributed by atoms with Gasteiger partial charge in [-0.2, -0.15) is 5.10 Å². The van der Waals surface area contributed by atoms with Crippen molar-refractivity contribution in [2.24, 2.45) is 0 Å². The van der Waals surface area contributed by atoms with Crippen LogP contribution >= 0.6 is 0 Å². The molecule has 1 aliphatic rings. The summed E-state index contributed by atoms with van der Waals surface area (Å²) in [5, 5.41) is 7.39. The SMILES string of the molecule is CC(C)Oc1ccc(CNC(=O)CN2CC=C(c3cnn(-c4ccc(F)cc4)c3)CC2)cc1. The molecule has 1 aliphatic heterocycles. The summed E-state index contributed by atoms with van der Waals surface area (Å²) in [6, 6.07) is 14.1. The highest BCUT2D eigenvalue weighted by Crippen LogP contribution is 2.23. The van der Waals surface area contributed by atoms with Crippen LogP contribution in [-0.4, -0.2) is 46.3 Å². The Kier molecular flexibility index (Phi) is 7.19. The molecule has 0 atom stereocenters. The minimum absolute atomic E-state index is 0.0125. The average Bonchev–Trinajstić information content (AvgIpc) is 3.29. The van der Waals surface area contributed by atoms with Gasteiger partial charge in [-0.15, -0.1) is 0 Å². The van der Waals surface area contributed by atoms with E-state index in [0.717, 1.165) is 35.5 Å². The van der Waals surface area contributed by atoms with Crippen molar-refractivity contribution in [2.45, 2.75) is 32.9 Å². The van der Waals surface area contributed by atoms with Gasteiger partial charge in [-0.1, -0.05) is 18.2 Å². The van der Waals surface area contributed by atoms with Crippen molar-refractivity contribution in [3.8, 4) is 11.4 Å². The summed E-state index contributed by atoms with van der Waals surface area (Å²) < 4.78 is 20.5. The molecule has 33 heavy (non-hydrogen) atoms. The largest absolute Gasteiger partial charge is 0.491 e. The summed E-state index contributed by atoms with van der Waals surface area (Å²) >= 11 is 0. The number of nitrogens with zero attached hydrogens (tertiary/aromatic N) is 3. The molecule has 0 spiro atoms. The highest BCUT2D eigenvalue weighted by atomic mass is 19.1. The van der Waals surface area contributed by atoms with Gasteiger partial charge >= 0.3 is 0 Å². The van der Waals surface area contributed by atoms with Crippen LogP contribution in [0.4, 0.5) is 4.39 Å². The fourth-order valence-corrected chi connectivity index (χ4v) is 3.76. The van der Waals surface area contributed by atoms with Gasteiger partial charge in [0.15, 0.2) is 0 Å². The zero-order valence-corrected chi connectivity index (χ0v) is 19.0. The third kappa shape index (κ3) is 6.29. The van der Waals surface area contributed by atoms with Crippen molar-refractivity contribution in [3.63, 3.8) is 0 Å². The van der Waals surface area contributed by atoms with E-state index in [2.05, 4.69) is 21.4 Å². The molecule has 6 nitrogen and oxygen atoms in total. The van der Waals surface area contributed by atoms with E-state index < -0.39 is 0 Å². The molecule has 1 aromatic heterocycles. The number of halogens is 1. The number of carbonyl (C=O) groups excluding carboxylic acids is 1. The highest BCUT2D eigenvalue weighted by molar-refractivity contribution is 5.78. The predicted octanol–water partition coefficient (Wildman–Crippen LogP) is 4.20. The molecule has 3 aromatic rings. The molecule has 0 aliphatic carbocycles. The van der Waals surface area contributed by atoms with Crippen LogP contribution < -0.4 is 10.1 Å². The number of ether oxygens (including phenoxy) is 1. The lowest BCUT2D eigenvalue weighted by Crippen LogP contribution is -2.39. The van der Waals surface area contributed by atoms with E-state index in [4.69, 9.17) is 4.74 Å². The molecule has 4 rings (SSSR count). The van der Waals surface area contributed by atoms with Gasteiger partial charge in [0.1, 0.15) is 11.6 Å². The molecule has 2 aromatic carbocycles. The number of rotatable bonds is 8. The number of benzene rings is 2. The second-order valence-corrected chi connectivity index (χ2v) is 8.45. The average molecular weight is 449 g/mol. The standard InChI is InChI=1S/C26H29FN4O2/c1-19(2)33-25-9-3-20(4-10-25)15-28-26(32)18-30-13-11-21(12-14-30)22-16-29-31(17-22)24-7-5-23(27)6-8-24/h3-11,16-17,19H,12-15,18H2,1-2H3,(H,28,32). The first kappa shape index (κ1) is 22.7. The first-order chi connectivity index (χ1) is 16.0. The number of nitrogens with one attached hydrogen (secondary N) is 1. The van der Waals surface area contributed by atoms with E-state index >= 15 is 0 Å². The molecule has 172 valence electrons. The van der Waals surface area contributed by atoms with Gasteiger partial charge in [0.05, 0.1) is 24.5 Å². The van der Waals surface area contributed by atoms with Gasteiger partial charge in [-0.25, -0.2) is 9.07 Å². The molecule has 7 heteroatoms. The molecule has 1 amide bonds. The third-order valence-electron chi connectivity index (χ3n) is 5.49. The number of hydrogen-bond acceptors (Lipinski definition) is 4. The fourth-order valence-electron chi connectivity index (χ4n) is 3.76. The van der Waals surface area contributed by atoms with Crippen LogP contribution in [-0.2, 0) is 11.3 Å². The monoisotopic (exact) mass is 448 g/mol. The molecular weight excluding hydrogens is 419 g/mol.